The van der Waals surface area contributed by atoms with E-state index in [1.54, 1.807) is 24.5 Å². The quantitative estimate of drug-likeness (QED) is 0.512. The molecule has 3 heterocycles. The molecule has 9 heteroatoms. The average Bonchev–Trinajstić information content (AvgIpc) is 2.80. The van der Waals surface area contributed by atoms with Crippen LogP contribution in [-0.4, -0.2) is 39.1 Å². The van der Waals surface area contributed by atoms with Crippen LogP contribution in [0.15, 0.2) is 60.9 Å². The number of non-ortho nitro benzene ring substituents is 1. The van der Waals surface area contributed by atoms with E-state index in [9.17, 15) is 14.9 Å². The second kappa shape index (κ2) is 8.64. The maximum Gasteiger partial charge on any atom is 0.269 e. The van der Waals surface area contributed by atoms with Crippen molar-refractivity contribution >= 4 is 23.1 Å². The van der Waals surface area contributed by atoms with E-state index in [4.69, 9.17) is 0 Å². The number of nitro benzene ring substituents is 1. The number of nitrogens with zero attached hydrogens (tertiary/aromatic N) is 5. The summed E-state index contributed by atoms with van der Waals surface area (Å²) in [5, 5.41) is 22.2. The minimum atomic E-state index is -0.465. The second-order valence-electron chi connectivity index (χ2n) is 7.07. The minimum absolute atomic E-state index is 0.00281. The number of anilines is 2. The van der Waals surface area contributed by atoms with Gasteiger partial charge in [-0.25, -0.2) is 0 Å². The van der Waals surface area contributed by atoms with E-state index in [1.165, 1.54) is 12.1 Å². The molecule has 1 fully saturated rings. The maximum atomic E-state index is 12.5. The summed E-state index contributed by atoms with van der Waals surface area (Å²) < 4.78 is 0. The number of pyridine rings is 1. The van der Waals surface area contributed by atoms with E-state index in [-0.39, 0.29) is 17.5 Å². The van der Waals surface area contributed by atoms with Gasteiger partial charge in [0.05, 0.1) is 10.6 Å². The zero-order valence-corrected chi connectivity index (χ0v) is 16.1. The first kappa shape index (κ1) is 19.4. The predicted molar refractivity (Wildman–Crippen MR) is 112 cm³/mol. The molecule has 1 N–H and O–H groups in total. The summed E-state index contributed by atoms with van der Waals surface area (Å²) in [5.74, 6) is 0.609. The predicted octanol–water partition coefficient (Wildman–Crippen LogP) is 3.30. The van der Waals surface area contributed by atoms with Gasteiger partial charge in [0, 0.05) is 54.8 Å². The Bertz CT molecular complexity index is 1020. The monoisotopic (exact) mass is 404 g/mol. The lowest BCUT2D eigenvalue weighted by atomic mass is 9.95. The summed E-state index contributed by atoms with van der Waals surface area (Å²) in [4.78, 5) is 29.0. The Kier molecular flexibility index (Phi) is 5.60. The lowest BCUT2D eigenvalue weighted by Crippen LogP contribution is -2.38. The van der Waals surface area contributed by atoms with Gasteiger partial charge in [0.2, 0.25) is 5.91 Å². The highest BCUT2D eigenvalue weighted by atomic mass is 16.6. The number of carbonyl (C=O) groups excluding carboxylic acids is 1. The standard InChI is InChI=1S/C21H20N6O3/c28-21(23-17-3-5-18(6-4-17)27(29)30)15-9-12-26(13-10-15)20-8-7-19(24-25-20)16-2-1-11-22-14-16/h1-8,11,14-15H,9-10,12-13H2,(H,23,28). The van der Waals surface area contributed by atoms with Crippen LogP contribution in [0.2, 0.25) is 0 Å². The smallest absolute Gasteiger partial charge is 0.269 e. The van der Waals surface area contributed by atoms with Crippen molar-refractivity contribution in [2.75, 3.05) is 23.3 Å². The summed E-state index contributed by atoms with van der Waals surface area (Å²) in [5.41, 5.74) is 2.24. The van der Waals surface area contributed by atoms with Gasteiger partial charge in [0.25, 0.3) is 5.69 Å². The summed E-state index contributed by atoms with van der Waals surface area (Å²) >= 11 is 0. The Labute approximate surface area is 172 Å². The summed E-state index contributed by atoms with van der Waals surface area (Å²) in [7, 11) is 0. The molecule has 0 unspecified atom stereocenters. The van der Waals surface area contributed by atoms with E-state index in [0.717, 1.165) is 17.1 Å². The van der Waals surface area contributed by atoms with E-state index < -0.39 is 4.92 Å². The summed E-state index contributed by atoms with van der Waals surface area (Å²) in [6, 6.07) is 13.5. The van der Waals surface area contributed by atoms with Gasteiger partial charge in [-0.05, 0) is 49.2 Å². The molecule has 0 aliphatic carbocycles. The molecule has 1 aliphatic heterocycles. The lowest BCUT2D eigenvalue weighted by molar-refractivity contribution is -0.384. The SMILES string of the molecule is O=C(Nc1ccc([N+](=O)[O-])cc1)C1CCN(c2ccc(-c3cccnc3)nn2)CC1. The van der Waals surface area contributed by atoms with Crippen LogP contribution in [0.1, 0.15) is 12.8 Å². The number of amides is 1. The fourth-order valence-corrected chi connectivity index (χ4v) is 3.44. The van der Waals surface area contributed by atoms with Crippen LogP contribution in [0, 0.1) is 16.0 Å². The molecule has 1 aliphatic rings. The molecule has 30 heavy (non-hydrogen) atoms. The largest absolute Gasteiger partial charge is 0.355 e. The number of aromatic nitrogens is 3. The third-order valence-electron chi connectivity index (χ3n) is 5.14. The van der Waals surface area contributed by atoms with Crippen LogP contribution < -0.4 is 10.2 Å². The van der Waals surface area contributed by atoms with Gasteiger partial charge in [-0.1, -0.05) is 0 Å². The molecular weight excluding hydrogens is 384 g/mol. The molecule has 1 saturated heterocycles. The van der Waals surface area contributed by atoms with Gasteiger partial charge in [-0.3, -0.25) is 19.9 Å². The average molecular weight is 404 g/mol. The van der Waals surface area contributed by atoms with Crippen molar-refractivity contribution < 1.29 is 9.72 Å². The van der Waals surface area contributed by atoms with Crippen LogP contribution in [0.3, 0.4) is 0 Å². The number of hydrogen-bond donors (Lipinski definition) is 1. The van der Waals surface area contributed by atoms with Gasteiger partial charge < -0.3 is 10.2 Å². The topological polar surface area (TPSA) is 114 Å². The third-order valence-corrected chi connectivity index (χ3v) is 5.14. The first-order valence-corrected chi connectivity index (χ1v) is 9.64. The van der Waals surface area contributed by atoms with Crippen molar-refractivity contribution in [3.63, 3.8) is 0 Å². The molecular formula is C21H20N6O3. The summed E-state index contributed by atoms with van der Waals surface area (Å²) in [6.07, 6.45) is 4.86. The number of benzene rings is 1. The number of nitrogens with one attached hydrogen (secondary N) is 1. The molecule has 0 radical (unpaired) electrons. The van der Waals surface area contributed by atoms with Crippen molar-refractivity contribution in [3.8, 4) is 11.3 Å². The third kappa shape index (κ3) is 4.40. The van der Waals surface area contributed by atoms with Crippen molar-refractivity contribution in [3.05, 3.63) is 71.0 Å². The number of nitro groups is 1. The Morgan fingerprint density at radius 3 is 2.43 bits per heavy atom. The highest BCUT2D eigenvalue weighted by Gasteiger charge is 2.26. The Morgan fingerprint density at radius 2 is 1.83 bits per heavy atom. The van der Waals surface area contributed by atoms with E-state index >= 15 is 0 Å². The van der Waals surface area contributed by atoms with E-state index in [2.05, 4.69) is 25.4 Å². The normalized spacial score (nSPS) is 14.3. The molecule has 2 aromatic heterocycles. The minimum Gasteiger partial charge on any atom is -0.355 e. The van der Waals surface area contributed by atoms with E-state index in [0.29, 0.717) is 31.6 Å². The van der Waals surface area contributed by atoms with E-state index in [1.807, 2.05) is 24.3 Å². The zero-order chi connectivity index (χ0) is 20.9. The molecule has 0 saturated carbocycles. The number of piperidine rings is 1. The molecule has 1 amide bonds. The molecule has 0 bridgehead atoms. The van der Waals surface area contributed by atoms with Crippen LogP contribution in [0.25, 0.3) is 11.3 Å². The molecule has 0 atom stereocenters. The van der Waals surface area contributed by atoms with Crippen LogP contribution >= 0.6 is 0 Å². The molecule has 4 rings (SSSR count). The molecule has 0 spiro atoms. The molecule has 3 aromatic rings. The second-order valence-corrected chi connectivity index (χ2v) is 7.07. The Morgan fingerprint density at radius 1 is 1.07 bits per heavy atom. The highest BCUT2D eigenvalue weighted by molar-refractivity contribution is 5.92. The first-order chi connectivity index (χ1) is 14.6. The molecule has 152 valence electrons. The lowest BCUT2D eigenvalue weighted by Gasteiger charge is -2.31. The van der Waals surface area contributed by atoms with Crippen LogP contribution in [0.5, 0.6) is 0 Å². The van der Waals surface area contributed by atoms with Crippen LogP contribution in [-0.2, 0) is 4.79 Å². The number of hydrogen-bond acceptors (Lipinski definition) is 7. The van der Waals surface area contributed by atoms with Crippen molar-refractivity contribution in [1.29, 1.82) is 0 Å². The van der Waals surface area contributed by atoms with Crippen molar-refractivity contribution in [2.24, 2.45) is 5.92 Å². The highest BCUT2D eigenvalue weighted by Crippen LogP contribution is 2.24. The summed E-state index contributed by atoms with van der Waals surface area (Å²) in [6.45, 7) is 1.42. The van der Waals surface area contributed by atoms with Crippen molar-refractivity contribution in [2.45, 2.75) is 12.8 Å². The molecule has 9 nitrogen and oxygen atoms in total. The first-order valence-electron chi connectivity index (χ1n) is 9.64. The number of carbonyl (C=O) groups is 1. The van der Waals surface area contributed by atoms with Crippen LogP contribution in [0.4, 0.5) is 17.2 Å². The Hall–Kier alpha value is -3.88. The van der Waals surface area contributed by atoms with Crippen molar-refractivity contribution in [1.82, 2.24) is 15.2 Å². The van der Waals surface area contributed by atoms with Gasteiger partial charge in [-0.15, -0.1) is 10.2 Å². The number of rotatable bonds is 5. The fraction of sp³-hybridized carbons (Fsp3) is 0.238. The van der Waals surface area contributed by atoms with Gasteiger partial charge in [0.1, 0.15) is 0 Å². The van der Waals surface area contributed by atoms with Gasteiger partial charge in [-0.2, -0.15) is 0 Å². The Balaban J connectivity index is 1.32. The molecule has 1 aromatic carbocycles. The van der Waals surface area contributed by atoms with Gasteiger partial charge >= 0.3 is 0 Å². The zero-order valence-electron chi connectivity index (χ0n) is 16.1. The fourth-order valence-electron chi connectivity index (χ4n) is 3.44. The maximum absolute atomic E-state index is 12.5. The van der Waals surface area contributed by atoms with Gasteiger partial charge in [0.15, 0.2) is 5.82 Å².